The first-order chi connectivity index (χ1) is 11.3. The number of ketones is 1. The first-order valence-electron chi connectivity index (χ1n) is 8.63. The Labute approximate surface area is 143 Å². The van der Waals surface area contributed by atoms with Crippen molar-refractivity contribution in [2.24, 2.45) is 5.41 Å². The molecule has 0 atom stereocenters. The fraction of sp³-hybridized carbons (Fsp3) is 0.476. The smallest absolute Gasteiger partial charge is 0.162 e. The Morgan fingerprint density at radius 2 is 1.79 bits per heavy atom. The molecule has 0 unspecified atom stereocenters. The van der Waals surface area contributed by atoms with Crippen LogP contribution in [0.15, 0.2) is 24.3 Å². The molecule has 0 saturated carbocycles. The van der Waals surface area contributed by atoms with Gasteiger partial charge in [-0.2, -0.15) is 0 Å². The SMILES string of the molecule is CC(=O)c1c2c(cc3c(C)cccc13)CC1(COC(C)(C)OC1)C2. The van der Waals surface area contributed by atoms with Gasteiger partial charge in [-0.15, -0.1) is 0 Å². The molecule has 1 aliphatic carbocycles. The summed E-state index contributed by atoms with van der Waals surface area (Å²) in [6, 6.07) is 8.50. The zero-order valence-corrected chi connectivity index (χ0v) is 14.9. The van der Waals surface area contributed by atoms with E-state index in [2.05, 4.69) is 25.1 Å². The molecule has 0 N–H and O–H groups in total. The van der Waals surface area contributed by atoms with Gasteiger partial charge in [0.2, 0.25) is 0 Å². The molecule has 1 spiro atoms. The van der Waals surface area contributed by atoms with Gasteiger partial charge in [-0.3, -0.25) is 4.79 Å². The maximum absolute atomic E-state index is 12.4. The molecule has 4 rings (SSSR count). The van der Waals surface area contributed by atoms with E-state index in [0.717, 1.165) is 23.8 Å². The lowest BCUT2D eigenvalue weighted by Crippen LogP contribution is -2.47. The van der Waals surface area contributed by atoms with E-state index in [1.165, 1.54) is 22.1 Å². The number of hydrogen-bond donors (Lipinski definition) is 0. The van der Waals surface area contributed by atoms with Crippen LogP contribution < -0.4 is 0 Å². The number of ether oxygens (including phenoxy) is 2. The minimum atomic E-state index is -0.509. The standard InChI is InChI=1S/C21H24O3/c1-13-6-5-7-16-17(13)8-15-9-21(10-18(15)19(16)14(2)22)11-23-20(3,4)24-12-21/h5-8H,9-12H2,1-4H3. The van der Waals surface area contributed by atoms with Gasteiger partial charge < -0.3 is 9.47 Å². The van der Waals surface area contributed by atoms with Crippen molar-refractivity contribution in [2.75, 3.05) is 13.2 Å². The van der Waals surface area contributed by atoms with E-state index in [9.17, 15) is 4.79 Å². The Balaban J connectivity index is 1.84. The summed E-state index contributed by atoms with van der Waals surface area (Å²) in [5.74, 6) is -0.359. The van der Waals surface area contributed by atoms with Crippen molar-refractivity contribution in [3.05, 3.63) is 46.5 Å². The van der Waals surface area contributed by atoms with Gasteiger partial charge in [0, 0.05) is 11.0 Å². The molecule has 2 aliphatic rings. The van der Waals surface area contributed by atoms with Crippen molar-refractivity contribution >= 4 is 16.6 Å². The first kappa shape index (κ1) is 15.8. The highest BCUT2D eigenvalue weighted by Gasteiger charge is 2.45. The minimum absolute atomic E-state index is 0.0344. The molecule has 2 aromatic rings. The molecule has 1 aliphatic heterocycles. The second-order valence-electron chi connectivity index (χ2n) is 7.95. The van der Waals surface area contributed by atoms with Crippen LogP contribution in [-0.2, 0) is 22.3 Å². The Morgan fingerprint density at radius 1 is 1.08 bits per heavy atom. The molecule has 24 heavy (non-hydrogen) atoms. The molecule has 0 bridgehead atoms. The van der Waals surface area contributed by atoms with Gasteiger partial charge in [-0.25, -0.2) is 0 Å². The zero-order valence-electron chi connectivity index (χ0n) is 14.9. The third-order valence-corrected chi connectivity index (χ3v) is 5.52. The minimum Gasteiger partial charge on any atom is -0.350 e. The second-order valence-corrected chi connectivity index (χ2v) is 7.95. The average molecular weight is 324 g/mol. The molecule has 126 valence electrons. The summed E-state index contributed by atoms with van der Waals surface area (Å²) in [7, 11) is 0. The van der Waals surface area contributed by atoms with Crippen molar-refractivity contribution < 1.29 is 14.3 Å². The van der Waals surface area contributed by atoms with Gasteiger partial charge >= 0.3 is 0 Å². The topological polar surface area (TPSA) is 35.5 Å². The summed E-state index contributed by atoms with van der Waals surface area (Å²) in [6.45, 7) is 9.07. The van der Waals surface area contributed by atoms with E-state index in [0.29, 0.717) is 13.2 Å². The summed E-state index contributed by atoms with van der Waals surface area (Å²) in [6.07, 6.45) is 1.78. The average Bonchev–Trinajstić information content (AvgIpc) is 2.87. The third-order valence-electron chi connectivity index (χ3n) is 5.52. The van der Waals surface area contributed by atoms with Crippen LogP contribution in [0, 0.1) is 12.3 Å². The summed E-state index contributed by atoms with van der Waals surface area (Å²) in [5, 5.41) is 2.27. The molecule has 2 aromatic carbocycles. The number of hydrogen-bond acceptors (Lipinski definition) is 3. The molecule has 3 nitrogen and oxygen atoms in total. The molecular formula is C21H24O3. The lowest BCUT2D eigenvalue weighted by molar-refractivity contribution is -0.283. The molecule has 0 radical (unpaired) electrons. The number of carbonyl (C=O) groups is 1. The van der Waals surface area contributed by atoms with E-state index in [-0.39, 0.29) is 11.2 Å². The van der Waals surface area contributed by atoms with Gasteiger partial charge in [-0.05, 0) is 68.0 Å². The van der Waals surface area contributed by atoms with Crippen molar-refractivity contribution in [3.63, 3.8) is 0 Å². The molecule has 0 aromatic heterocycles. The predicted octanol–water partition coefficient (Wildman–Crippen LogP) is 4.22. The second kappa shape index (κ2) is 5.14. The molecule has 0 amide bonds. The van der Waals surface area contributed by atoms with Crippen LogP contribution >= 0.6 is 0 Å². The number of carbonyl (C=O) groups excluding carboxylic acids is 1. The van der Waals surface area contributed by atoms with E-state index in [1.807, 2.05) is 19.9 Å². The van der Waals surface area contributed by atoms with Crippen molar-refractivity contribution in [3.8, 4) is 0 Å². The van der Waals surface area contributed by atoms with Crippen LogP contribution in [0.3, 0.4) is 0 Å². The van der Waals surface area contributed by atoms with Gasteiger partial charge in [0.15, 0.2) is 11.6 Å². The lowest BCUT2D eigenvalue weighted by Gasteiger charge is -2.41. The monoisotopic (exact) mass is 324 g/mol. The van der Waals surface area contributed by atoms with Crippen molar-refractivity contribution in [1.82, 2.24) is 0 Å². The fourth-order valence-electron chi connectivity index (χ4n) is 4.22. The van der Waals surface area contributed by atoms with Crippen LogP contribution in [0.1, 0.15) is 47.8 Å². The van der Waals surface area contributed by atoms with Crippen LogP contribution in [0.4, 0.5) is 0 Å². The Bertz CT molecular complexity index is 838. The summed E-state index contributed by atoms with van der Waals surface area (Å²) in [4.78, 5) is 12.4. The van der Waals surface area contributed by atoms with E-state index in [4.69, 9.17) is 9.47 Å². The molecule has 3 heteroatoms. The first-order valence-corrected chi connectivity index (χ1v) is 8.63. The van der Waals surface area contributed by atoms with E-state index >= 15 is 0 Å². The number of Topliss-reactive ketones (excluding diaryl/α,β-unsaturated/α-hetero) is 1. The van der Waals surface area contributed by atoms with Crippen molar-refractivity contribution in [2.45, 2.75) is 46.3 Å². The van der Waals surface area contributed by atoms with Gasteiger partial charge in [-0.1, -0.05) is 24.3 Å². The maximum Gasteiger partial charge on any atom is 0.162 e. The largest absolute Gasteiger partial charge is 0.350 e. The quantitative estimate of drug-likeness (QED) is 0.737. The molecule has 1 fully saturated rings. The predicted molar refractivity (Wildman–Crippen MR) is 94.5 cm³/mol. The van der Waals surface area contributed by atoms with Crippen LogP contribution in [0.25, 0.3) is 10.8 Å². The van der Waals surface area contributed by atoms with Crippen molar-refractivity contribution in [1.29, 1.82) is 0 Å². The number of aryl methyl sites for hydroxylation is 1. The third kappa shape index (κ3) is 2.38. The summed E-state index contributed by atoms with van der Waals surface area (Å²) < 4.78 is 11.9. The molecule has 1 heterocycles. The number of benzene rings is 2. The lowest BCUT2D eigenvalue weighted by atomic mass is 9.85. The highest BCUT2D eigenvalue weighted by Crippen LogP contribution is 2.45. The molecular weight excluding hydrogens is 300 g/mol. The van der Waals surface area contributed by atoms with Gasteiger partial charge in [0.25, 0.3) is 0 Å². The highest BCUT2D eigenvalue weighted by molar-refractivity contribution is 6.09. The van der Waals surface area contributed by atoms with E-state index in [1.54, 1.807) is 6.92 Å². The van der Waals surface area contributed by atoms with Gasteiger partial charge in [0.05, 0.1) is 13.2 Å². The fourth-order valence-corrected chi connectivity index (χ4v) is 4.22. The van der Waals surface area contributed by atoms with Gasteiger partial charge in [0.1, 0.15) is 0 Å². The normalized spacial score (nSPS) is 21.2. The number of fused-ring (bicyclic) bond motifs is 2. The van der Waals surface area contributed by atoms with E-state index < -0.39 is 5.79 Å². The Morgan fingerprint density at radius 3 is 2.46 bits per heavy atom. The zero-order chi connectivity index (χ0) is 17.1. The highest BCUT2D eigenvalue weighted by atomic mass is 16.7. The number of rotatable bonds is 1. The summed E-state index contributed by atoms with van der Waals surface area (Å²) in [5.41, 5.74) is 4.57. The van der Waals surface area contributed by atoms with Crippen LogP contribution in [0.2, 0.25) is 0 Å². The Kier molecular flexibility index (Phi) is 3.38. The summed E-state index contributed by atoms with van der Waals surface area (Å²) >= 11 is 0. The van der Waals surface area contributed by atoms with Crippen LogP contribution in [-0.4, -0.2) is 24.8 Å². The maximum atomic E-state index is 12.4. The van der Waals surface area contributed by atoms with Crippen LogP contribution in [0.5, 0.6) is 0 Å². The molecule has 1 saturated heterocycles. The Hall–Kier alpha value is -1.71.